The predicted octanol–water partition coefficient (Wildman–Crippen LogP) is 5.16. The van der Waals surface area contributed by atoms with Gasteiger partial charge in [0.25, 0.3) is 0 Å². The molecule has 23 heavy (non-hydrogen) atoms. The lowest BCUT2D eigenvalue weighted by molar-refractivity contribution is 0.562. The summed E-state index contributed by atoms with van der Waals surface area (Å²) in [4.78, 5) is 25.0. The van der Waals surface area contributed by atoms with Gasteiger partial charge in [-0.1, -0.05) is 89.9 Å². The summed E-state index contributed by atoms with van der Waals surface area (Å²) in [6, 6.07) is 0. The van der Waals surface area contributed by atoms with Gasteiger partial charge in [0.2, 0.25) is 18.2 Å². The molecule has 2 fully saturated rings. The molecule has 0 atom stereocenters. The van der Waals surface area contributed by atoms with Crippen molar-refractivity contribution in [2.24, 2.45) is 0 Å². The van der Waals surface area contributed by atoms with Gasteiger partial charge in [0.1, 0.15) is 0 Å². The van der Waals surface area contributed by atoms with Crippen LogP contribution in [0.4, 0.5) is 0 Å². The third kappa shape index (κ3) is 45.0. The molecule has 2 aliphatic rings. The molecule has 2 aliphatic carbocycles. The summed E-state index contributed by atoms with van der Waals surface area (Å²) in [6.07, 6.45) is 23.2. The molecule has 0 unspecified atom stereocenters. The largest absolute Gasteiger partial charge is 0.231 e. The number of hydrogen-bond donors (Lipinski definition) is 3. The van der Waals surface area contributed by atoms with E-state index in [9.17, 15) is 0 Å². The molecule has 6 nitrogen and oxygen atoms in total. The van der Waals surface area contributed by atoms with Gasteiger partial charge in [0.05, 0.1) is 0 Å². The highest BCUT2D eigenvalue weighted by molar-refractivity contribution is 5.26. The molecule has 0 aromatic rings. The topological polar surface area (TPSA) is 123 Å². The fourth-order valence-electron chi connectivity index (χ4n) is 2.47. The second kappa shape index (κ2) is 32.2. The quantitative estimate of drug-likeness (QED) is 0.323. The number of isocyanates is 3. The van der Waals surface area contributed by atoms with E-state index in [1.54, 1.807) is 0 Å². The zero-order chi connectivity index (χ0) is 18.0. The van der Waals surface area contributed by atoms with Crippen molar-refractivity contribution in [2.75, 3.05) is 0 Å². The number of nitrogens with one attached hydrogen (secondary N) is 3. The van der Waals surface area contributed by atoms with Crippen LogP contribution in [-0.4, -0.2) is 18.2 Å². The summed E-state index contributed by atoms with van der Waals surface area (Å²) in [5.41, 5.74) is 0. The van der Waals surface area contributed by atoms with E-state index in [-0.39, 0.29) is 0 Å². The maximum Gasteiger partial charge on any atom is 0.231 e. The summed E-state index contributed by atoms with van der Waals surface area (Å²) < 4.78 is 0. The van der Waals surface area contributed by atoms with E-state index in [1.807, 2.05) is 0 Å². The Kier molecular flexibility index (Phi) is 36.5. The molecule has 0 aromatic heterocycles. The van der Waals surface area contributed by atoms with Crippen LogP contribution in [0.3, 0.4) is 0 Å². The average molecular weight is 325 g/mol. The fourth-order valence-corrected chi connectivity index (χ4v) is 2.47. The first-order valence-corrected chi connectivity index (χ1v) is 8.36. The minimum absolute atomic E-state index is 0.750. The molecule has 0 aliphatic heterocycles. The predicted molar refractivity (Wildman–Crippen MR) is 89.9 cm³/mol. The van der Waals surface area contributed by atoms with Crippen LogP contribution in [0.15, 0.2) is 0 Å². The smallest absolute Gasteiger partial charge is 0.222 e. The normalized spacial score (nSPS) is 15.7. The molecular formula is C17H31N3O3. The Morgan fingerprint density at radius 2 is 0.391 bits per heavy atom. The molecule has 2 saturated carbocycles. The van der Waals surface area contributed by atoms with Gasteiger partial charge >= 0.3 is 0 Å². The first-order valence-electron chi connectivity index (χ1n) is 8.36. The van der Waals surface area contributed by atoms with Gasteiger partial charge in [-0.2, -0.15) is 0 Å². The lowest BCUT2D eigenvalue weighted by Crippen LogP contribution is -1.66. The zero-order valence-electron chi connectivity index (χ0n) is 14.1. The summed E-state index contributed by atoms with van der Waals surface area (Å²) in [5, 5.41) is 16.2. The second-order valence-electron chi connectivity index (χ2n) is 5.26. The minimum Gasteiger partial charge on any atom is -0.222 e. The lowest BCUT2D eigenvalue weighted by Gasteiger charge is -1.85. The number of rotatable bonds is 0. The SMILES string of the molecule is C1CCCCCC1.C1CCCCCC1.N=C=O.N=C=O.N=C=O. The highest BCUT2D eigenvalue weighted by Gasteiger charge is 1.96. The third-order valence-electron chi connectivity index (χ3n) is 3.50. The van der Waals surface area contributed by atoms with Crippen LogP contribution < -0.4 is 0 Å². The van der Waals surface area contributed by atoms with Crippen molar-refractivity contribution in [3.8, 4) is 0 Å². The van der Waals surface area contributed by atoms with Gasteiger partial charge < -0.3 is 0 Å². The van der Waals surface area contributed by atoms with Crippen molar-refractivity contribution < 1.29 is 14.4 Å². The van der Waals surface area contributed by atoms with E-state index in [0.717, 1.165) is 18.2 Å². The maximum absolute atomic E-state index is 8.35. The third-order valence-corrected chi connectivity index (χ3v) is 3.50. The molecule has 132 valence electrons. The van der Waals surface area contributed by atoms with Crippen LogP contribution >= 0.6 is 0 Å². The molecule has 0 aromatic carbocycles. The van der Waals surface area contributed by atoms with E-state index in [4.69, 9.17) is 30.6 Å². The molecule has 0 bridgehead atoms. The number of hydrogen-bond acceptors (Lipinski definition) is 6. The summed E-state index contributed by atoms with van der Waals surface area (Å²) in [7, 11) is 0. The Morgan fingerprint density at radius 3 is 0.435 bits per heavy atom. The van der Waals surface area contributed by atoms with Gasteiger partial charge in [0.15, 0.2) is 0 Å². The van der Waals surface area contributed by atoms with E-state index < -0.39 is 0 Å². The molecule has 0 spiro atoms. The highest BCUT2D eigenvalue weighted by atomic mass is 16.1. The van der Waals surface area contributed by atoms with E-state index in [1.165, 1.54) is 89.9 Å². The van der Waals surface area contributed by atoms with Crippen molar-refractivity contribution >= 4 is 18.2 Å². The van der Waals surface area contributed by atoms with Crippen molar-refractivity contribution in [1.29, 1.82) is 16.2 Å². The van der Waals surface area contributed by atoms with Gasteiger partial charge in [-0.05, 0) is 0 Å². The van der Waals surface area contributed by atoms with E-state index in [2.05, 4.69) is 0 Å². The summed E-state index contributed by atoms with van der Waals surface area (Å²) in [5.74, 6) is 0. The lowest BCUT2D eigenvalue weighted by atomic mass is 10.2. The van der Waals surface area contributed by atoms with Crippen LogP contribution in [0.25, 0.3) is 0 Å². The maximum atomic E-state index is 8.35. The molecule has 6 heteroatoms. The molecule has 0 saturated heterocycles. The number of carbonyl (C=O) groups excluding carboxylic acids is 3. The Hall–Kier alpha value is -1.86. The summed E-state index contributed by atoms with van der Waals surface area (Å²) in [6.45, 7) is 0. The molecular weight excluding hydrogens is 294 g/mol. The summed E-state index contributed by atoms with van der Waals surface area (Å²) >= 11 is 0. The Balaban J connectivity index is -0.000000235. The molecule has 0 radical (unpaired) electrons. The Labute approximate surface area is 139 Å². The van der Waals surface area contributed by atoms with E-state index >= 15 is 0 Å². The molecule has 0 amide bonds. The van der Waals surface area contributed by atoms with Crippen molar-refractivity contribution in [2.45, 2.75) is 89.9 Å². The highest BCUT2D eigenvalue weighted by Crippen LogP contribution is 2.16. The van der Waals surface area contributed by atoms with Crippen molar-refractivity contribution in [1.82, 2.24) is 0 Å². The molecule has 2 rings (SSSR count). The van der Waals surface area contributed by atoms with Crippen LogP contribution in [0.5, 0.6) is 0 Å². The van der Waals surface area contributed by atoms with Crippen LogP contribution in [0.1, 0.15) is 89.9 Å². The first-order chi connectivity index (χ1) is 11.2. The van der Waals surface area contributed by atoms with Gasteiger partial charge in [-0.3, -0.25) is 0 Å². The monoisotopic (exact) mass is 325 g/mol. The van der Waals surface area contributed by atoms with Gasteiger partial charge in [0, 0.05) is 0 Å². The van der Waals surface area contributed by atoms with Gasteiger partial charge in [-0.25, -0.2) is 30.6 Å². The Bertz CT molecular complexity index is 233. The van der Waals surface area contributed by atoms with Crippen LogP contribution in [-0.2, 0) is 14.4 Å². The fraction of sp³-hybridized carbons (Fsp3) is 0.824. The minimum atomic E-state index is 0.750. The average Bonchev–Trinajstić information content (AvgIpc) is 3.00. The first kappa shape index (κ1) is 26.1. The Morgan fingerprint density at radius 1 is 0.348 bits per heavy atom. The molecule has 3 N–H and O–H groups in total. The van der Waals surface area contributed by atoms with Crippen molar-refractivity contribution in [3.05, 3.63) is 0 Å². The zero-order valence-corrected chi connectivity index (χ0v) is 14.1. The van der Waals surface area contributed by atoms with Gasteiger partial charge in [-0.15, -0.1) is 0 Å². The second-order valence-corrected chi connectivity index (χ2v) is 5.26. The molecule has 0 heterocycles. The standard InChI is InChI=1S/2C7H14.3CHNO/c2*1-2-4-6-7-5-3-1;3*2-1-3/h2*1-7H2;3*2H. The van der Waals surface area contributed by atoms with Crippen LogP contribution in [0, 0.1) is 16.2 Å². The van der Waals surface area contributed by atoms with E-state index in [0.29, 0.717) is 0 Å². The van der Waals surface area contributed by atoms with Crippen LogP contribution in [0.2, 0.25) is 0 Å². The van der Waals surface area contributed by atoms with Crippen molar-refractivity contribution in [3.63, 3.8) is 0 Å².